The lowest BCUT2D eigenvalue weighted by molar-refractivity contribution is -0.167. The van der Waals surface area contributed by atoms with Gasteiger partial charge in [-0.1, -0.05) is 5.16 Å². The Morgan fingerprint density at radius 2 is 2.11 bits per heavy atom. The molecule has 0 bridgehead atoms. The number of ether oxygens (including phenoxy) is 1. The van der Waals surface area contributed by atoms with Gasteiger partial charge in [-0.25, -0.2) is 14.6 Å². The number of aliphatic carboxylic acids is 1. The summed E-state index contributed by atoms with van der Waals surface area (Å²) in [6.07, 6.45) is 0.720. The van der Waals surface area contributed by atoms with E-state index in [1.807, 2.05) is 6.26 Å². The van der Waals surface area contributed by atoms with E-state index in [0.29, 0.717) is 17.1 Å². The number of esters is 1. The summed E-state index contributed by atoms with van der Waals surface area (Å²) in [4.78, 5) is 60.6. The van der Waals surface area contributed by atoms with E-state index < -0.39 is 46.9 Å². The fraction of sp³-hybridized carbons (Fsp3) is 0.524. The molecule has 36 heavy (non-hydrogen) atoms. The average molecular weight is 558 g/mol. The number of nitrogens with zero attached hydrogens (tertiary/aromatic N) is 3. The van der Waals surface area contributed by atoms with Crippen molar-refractivity contribution in [3.8, 4) is 0 Å². The third-order valence-electron chi connectivity index (χ3n) is 4.88. The van der Waals surface area contributed by atoms with Crippen LogP contribution in [0.15, 0.2) is 21.8 Å². The number of oxime groups is 1. The number of thiazole rings is 1. The van der Waals surface area contributed by atoms with Crippen LogP contribution in [-0.2, 0) is 28.8 Å². The Morgan fingerprint density at radius 3 is 2.67 bits per heavy atom. The van der Waals surface area contributed by atoms with Crippen LogP contribution < -0.4 is 11.1 Å². The average Bonchev–Trinajstić information content (AvgIpc) is 3.21. The number of carbonyl (C=O) groups is 4. The number of hydrogen-bond acceptors (Lipinski definition) is 12. The van der Waals surface area contributed by atoms with Gasteiger partial charge in [0, 0.05) is 16.9 Å². The summed E-state index contributed by atoms with van der Waals surface area (Å²) in [7, 11) is 0. The van der Waals surface area contributed by atoms with E-state index in [-0.39, 0.29) is 22.2 Å². The summed E-state index contributed by atoms with van der Waals surface area (Å²) in [5.74, 6) is -2.29. The van der Waals surface area contributed by atoms with Crippen molar-refractivity contribution in [3.63, 3.8) is 0 Å². The van der Waals surface area contributed by atoms with Crippen LogP contribution in [0.5, 0.6) is 0 Å². The largest absolute Gasteiger partial charge is 0.477 e. The molecule has 0 spiro atoms. The first-order chi connectivity index (χ1) is 16.8. The highest BCUT2D eigenvalue weighted by molar-refractivity contribution is 8.00. The molecule has 2 aliphatic heterocycles. The van der Waals surface area contributed by atoms with Crippen LogP contribution in [0.2, 0.25) is 0 Å². The first-order valence-electron chi connectivity index (χ1n) is 10.7. The maximum absolute atomic E-state index is 13.1. The van der Waals surface area contributed by atoms with Gasteiger partial charge in [-0.3, -0.25) is 14.5 Å². The number of β-lactam (4-membered cyclic amide) rings is 1. The Balaban J connectivity index is 1.78. The molecule has 196 valence electrons. The Bertz CT molecular complexity index is 1130. The van der Waals surface area contributed by atoms with Crippen LogP contribution in [-0.4, -0.2) is 85.3 Å². The minimum atomic E-state index is -1.19. The SMILES string of the molecule is CSCC1=C(C(=O)O)N2C(=O)C(NC(=O)/C(=N/OC(C)C(=O)OC(C)(C)C)c3csc(N)n3)[C@H]2SC1. The highest BCUT2D eigenvalue weighted by Crippen LogP contribution is 2.41. The second-order valence-electron chi connectivity index (χ2n) is 8.84. The molecule has 1 saturated heterocycles. The van der Waals surface area contributed by atoms with Gasteiger partial charge in [0.05, 0.1) is 0 Å². The Labute approximate surface area is 220 Å². The fourth-order valence-electron chi connectivity index (χ4n) is 3.34. The summed E-state index contributed by atoms with van der Waals surface area (Å²) in [5.41, 5.74) is 5.37. The lowest BCUT2D eigenvalue weighted by atomic mass is 10.0. The van der Waals surface area contributed by atoms with Crippen molar-refractivity contribution < 1.29 is 33.9 Å². The first-order valence-corrected chi connectivity index (χ1v) is 14.0. The molecule has 1 fully saturated rings. The number of nitrogen functional groups attached to an aromatic ring is 1. The zero-order valence-electron chi connectivity index (χ0n) is 20.3. The summed E-state index contributed by atoms with van der Waals surface area (Å²) in [5, 5.41) is 17.2. The topological polar surface area (TPSA) is 174 Å². The number of thioether (sulfide) groups is 2. The molecular formula is C21H27N5O7S3. The number of carboxylic acid groups (broad SMARTS) is 1. The normalized spacial score (nSPS) is 20.9. The summed E-state index contributed by atoms with van der Waals surface area (Å²) in [6.45, 7) is 6.53. The maximum atomic E-state index is 13.1. The molecule has 15 heteroatoms. The van der Waals surface area contributed by atoms with E-state index >= 15 is 0 Å². The van der Waals surface area contributed by atoms with Crippen molar-refractivity contribution in [2.24, 2.45) is 5.16 Å². The summed E-state index contributed by atoms with van der Waals surface area (Å²) >= 11 is 3.90. The molecule has 2 aliphatic rings. The van der Waals surface area contributed by atoms with E-state index in [4.69, 9.17) is 15.3 Å². The number of carbonyl (C=O) groups excluding carboxylic acids is 3. The summed E-state index contributed by atoms with van der Waals surface area (Å²) < 4.78 is 5.25. The van der Waals surface area contributed by atoms with Crippen molar-refractivity contribution in [2.75, 3.05) is 23.5 Å². The quantitative estimate of drug-likeness (QED) is 0.173. The molecular weight excluding hydrogens is 530 g/mol. The van der Waals surface area contributed by atoms with Crippen molar-refractivity contribution in [3.05, 3.63) is 22.3 Å². The second kappa shape index (κ2) is 11.1. The lowest BCUT2D eigenvalue weighted by Gasteiger charge is -2.49. The number of rotatable bonds is 9. The molecule has 2 amide bonds. The van der Waals surface area contributed by atoms with Gasteiger partial charge in [0.25, 0.3) is 11.8 Å². The molecule has 2 unspecified atom stereocenters. The molecule has 0 radical (unpaired) electrons. The van der Waals surface area contributed by atoms with Gasteiger partial charge in [-0.15, -0.1) is 23.1 Å². The van der Waals surface area contributed by atoms with Crippen molar-refractivity contribution in [1.82, 2.24) is 15.2 Å². The summed E-state index contributed by atoms with van der Waals surface area (Å²) in [6, 6.07) is -0.975. The predicted octanol–water partition coefficient (Wildman–Crippen LogP) is 1.28. The highest BCUT2D eigenvalue weighted by Gasteiger charge is 2.54. The third kappa shape index (κ3) is 6.13. The minimum absolute atomic E-state index is 0.0423. The van der Waals surface area contributed by atoms with Crippen molar-refractivity contribution in [1.29, 1.82) is 0 Å². The minimum Gasteiger partial charge on any atom is -0.477 e. The monoisotopic (exact) mass is 557 g/mol. The standard InChI is InChI=1S/C21H27N5O7S3/c1-9(19(31)32-21(2,3)4)33-25-12(11-8-36-20(22)23-11)15(27)24-13-16(28)26-14(18(29)30)10(6-34-5)7-35-17(13)26/h8-9,13,17H,6-7H2,1-5H3,(H2,22,23)(H,24,27)(H,29,30)/b25-12+/t9?,13?,17-/m1/s1. The zero-order valence-corrected chi connectivity index (χ0v) is 22.7. The zero-order chi connectivity index (χ0) is 26.8. The molecule has 0 aromatic carbocycles. The second-order valence-corrected chi connectivity index (χ2v) is 11.7. The van der Waals surface area contributed by atoms with Crippen LogP contribution in [0.1, 0.15) is 33.4 Å². The number of aromatic nitrogens is 1. The van der Waals surface area contributed by atoms with Crippen molar-refractivity contribution in [2.45, 2.75) is 50.8 Å². The fourth-order valence-corrected chi connectivity index (χ4v) is 5.95. The van der Waals surface area contributed by atoms with E-state index in [1.165, 1.54) is 40.7 Å². The van der Waals surface area contributed by atoms with Crippen LogP contribution in [0.3, 0.4) is 0 Å². The van der Waals surface area contributed by atoms with E-state index in [0.717, 1.165) is 11.3 Å². The smallest absolute Gasteiger partial charge is 0.352 e. The molecule has 1 aromatic heterocycles. The number of nitrogens with one attached hydrogen (secondary N) is 1. The van der Waals surface area contributed by atoms with Crippen LogP contribution in [0.4, 0.5) is 5.13 Å². The van der Waals surface area contributed by atoms with Gasteiger partial charge in [-0.05, 0) is 39.5 Å². The number of carboxylic acids is 1. The van der Waals surface area contributed by atoms with Gasteiger partial charge in [0.15, 0.2) is 10.8 Å². The molecule has 0 aliphatic carbocycles. The maximum Gasteiger partial charge on any atom is 0.352 e. The number of anilines is 1. The van der Waals surface area contributed by atoms with E-state index in [9.17, 15) is 24.3 Å². The molecule has 1 aromatic rings. The van der Waals surface area contributed by atoms with Gasteiger partial charge in [-0.2, -0.15) is 11.8 Å². The number of nitrogens with two attached hydrogens (primary N) is 1. The molecule has 3 rings (SSSR count). The van der Waals surface area contributed by atoms with Crippen LogP contribution in [0, 0.1) is 0 Å². The predicted molar refractivity (Wildman–Crippen MR) is 138 cm³/mol. The Kier molecular flexibility index (Phi) is 8.56. The van der Waals surface area contributed by atoms with Gasteiger partial charge < -0.3 is 25.7 Å². The lowest BCUT2D eigenvalue weighted by Crippen LogP contribution is -2.71. The Morgan fingerprint density at radius 1 is 1.42 bits per heavy atom. The van der Waals surface area contributed by atoms with E-state index in [2.05, 4.69) is 15.5 Å². The van der Waals surface area contributed by atoms with E-state index in [1.54, 1.807) is 20.8 Å². The number of amides is 2. The highest BCUT2D eigenvalue weighted by atomic mass is 32.2. The molecule has 4 N–H and O–H groups in total. The molecule has 12 nitrogen and oxygen atoms in total. The molecule has 3 heterocycles. The van der Waals surface area contributed by atoms with Crippen LogP contribution in [0.25, 0.3) is 0 Å². The third-order valence-corrected chi connectivity index (χ3v) is 7.53. The molecule has 3 atom stereocenters. The first kappa shape index (κ1) is 27.8. The van der Waals surface area contributed by atoms with Crippen molar-refractivity contribution >= 4 is 69.5 Å². The number of fused-ring (bicyclic) bond motifs is 1. The molecule has 0 saturated carbocycles. The van der Waals surface area contributed by atoms with Gasteiger partial charge in [0.1, 0.15) is 28.4 Å². The Hall–Kier alpha value is -2.78. The van der Waals surface area contributed by atoms with Crippen LogP contribution >= 0.6 is 34.9 Å². The van der Waals surface area contributed by atoms with Gasteiger partial charge in [0.2, 0.25) is 6.10 Å². The number of hydrogen-bond donors (Lipinski definition) is 3. The van der Waals surface area contributed by atoms with Gasteiger partial charge >= 0.3 is 11.9 Å².